The Morgan fingerprint density at radius 1 is 1.44 bits per heavy atom. The molecule has 1 rings (SSSR count). The van der Waals surface area contributed by atoms with Crippen LogP contribution in [0.25, 0.3) is 0 Å². The quantitative estimate of drug-likeness (QED) is 0.651. The third kappa shape index (κ3) is 4.37. The summed E-state index contributed by atoms with van der Waals surface area (Å²) in [7, 11) is 0. The SMILES string of the molecule is Cc1ccc(NCCCC(C)CO)c(C(=O)O)c1. The van der Waals surface area contributed by atoms with Crippen LogP contribution in [-0.4, -0.2) is 29.3 Å². The molecule has 0 saturated carbocycles. The molecule has 4 heteroatoms. The topological polar surface area (TPSA) is 69.6 Å². The summed E-state index contributed by atoms with van der Waals surface area (Å²) < 4.78 is 0. The Hall–Kier alpha value is -1.55. The lowest BCUT2D eigenvalue weighted by Crippen LogP contribution is -2.10. The van der Waals surface area contributed by atoms with Crippen LogP contribution >= 0.6 is 0 Å². The molecule has 1 aromatic rings. The second-order valence-electron chi connectivity index (χ2n) is 4.71. The summed E-state index contributed by atoms with van der Waals surface area (Å²) in [6.45, 7) is 4.78. The predicted molar refractivity (Wildman–Crippen MR) is 72.1 cm³/mol. The highest BCUT2D eigenvalue weighted by molar-refractivity contribution is 5.94. The molecule has 1 aromatic carbocycles. The van der Waals surface area contributed by atoms with E-state index in [1.165, 1.54) is 0 Å². The van der Waals surface area contributed by atoms with Gasteiger partial charge in [0.05, 0.1) is 5.56 Å². The van der Waals surface area contributed by atoms with Crippen molar-refractivity contribution in [3.05, 3.63) is 29.3 Å². The standard InChI is InChI=1S/C14H21NO3/c1-10-5-6-13(12(8-10)14(17)18)15-7-3-4-11(2)9-16/h5-6,8,11,15-16H,3-4,7,9H2,1-2H3,(H,17,18). The van der Waals surface area contributed by atoms with Crippen LogP contribution in [0.15, 0.2) is 18.2 Å². The molecule has 0 aliphatic rings. The van der Waals surface area contributed by atoms with E-state index in [2.05, 4.69) is 5.32 Å². The van der Waals surface area contributed by atoms with Crippen molar-refractivity contribution in [1.29, 1.82) is 0 Å². The number of anilines is 1. The van der Waals surface area contributed by atoms with Crippen LogP contribution in [0.2, 0.25) is 0 Å². The van der Waals surface area contributed by atoms with E-state index in [0.717, 1.165) is 18.4 Å². The minimum atomic E-state index is -0.912. The minimum Gasteiger partial charge on any atom is -0.478 e. The number of carboxylic acid groups (broad SMARTS) is 1. The highest BCUT2D eigenvalue weighted by Crippen LogP contribution is 2.17. The molecule has 0 aliphatic heterocycles. The predicted octanol–water partition coefficient (Wildman–Crippen LogP) is 2.51. The first-order valence-electron chi connectivity index (χ1n) is 6.23. The molecule has 0 bridgehead atoms. The van der Waals surface area contributed by atoms with E-state index in [-0.39, 0.29) is 6.61 Å². The number of aliphatic hydroxyl groups is 1. The number of benzene rings is 1. The van der Waals surface area contributed by atoms with E-state index >= 15 is 0 Å². The number of hydrogen-bond donors (Lipinski definition) is 3. The Morgan fingerprint density at radius 2 is 2.17 bits per heavy atom. The fourth-order valence-electron chi connectivity index (χ4n) is 1.75. The summed E-state index contributed by atoms with van der Waals surface area (Å²) in [4.78, 5) is 11.1. The van der Waals surface area contributed by atoms with E-state index in [1.54, 1.807) is 12.1 Å². The average molecular weight is 251 g/mol. The van der Waals surface area contributed by atoms with Crippen molar-refractivity contribution in [2.75, 3.05) is 18.5 Å². The molecule has 3 N–H and O–H groups in total. The van der Waals surface area contributed by atoms with Crippen LogP contribution in [0.3, 0.4) is 0 Å². The molecule has 100 valence electrons. The van der Waals surface area contributed by atoms with Gasteiger partial charge >= 0.3 is 5.97 Å². The zero-order valence-electron chi connectivity index (χ0n) is 10.9. The van der Waals surface area contributed by atoms with Gasteiger partial charge in [-0.2, -0.15) is 0 Å². The molecular formula is C14H21NO3. The Morgan fingerprint density at radius 3 is 2.78 bits per heavy atom. The number of hydrogen-bond acceptors (Lipinski definition) is 3. The zero-order valence-corrected chi connectivity index (χ0v) is 10.9. The number of aromatic carboxylic acids is 1. The first-order chi connectivity index (χ1) is 8.54. The fraction of sp³-hybridized carbons (Fsp3) is 0.500. The molecule has 0 fully saturated rings. The second-order valence-corrected chi connectivity index (χ2v) is 4.71. The van der Waals surface area contributed by atoms with Gasteiger partial charge < -0.3 is 15.5 Å². The molecule has 0 aromatic heterocycles. The lowest BCUT2D eigenvalue weighted by molar-refractivity contribution is 0.0698. The summed E-state index contributed by atoms with van der Waals surface area (Å²) in [5.41, 5.74) is 1.90. The molecule has 0 saturated heterocycles. The molecule has 1 atom stereocenters. The van der Waals surface area contributed by atoms with E-state index < -0.39 is 5.97 Å². The third-order valence-corrected chi connectivity index (χ3v) is 2.91. The van der Waals surface area contributed by atoms with E-state index in [4.69, 9.17) is 10.2 Å². The Kier molecular flexibility index (Phi) is 5.65. The Bertz CT molecular complexity index is 404. The normalized spacial score (nSPS) is 12.2. The molecule has 0 amide bonds. The lowest BCUT2D eigenvalue weighted by Gasteiger charge is -2.11. The molecule has 0 spiro atoms. The van der Waals surface area contributed by atoms with Crippen molar-refractivity contribution < 1.29 is 15.0 Å². The second kappa shape index (κ2) is 7.01. The van der Waals surface area contributed by atoms with Gasteiger partial charge in [0.1, 0.15) is 0 Å². The van der Waals surface area contributed by atoms with Gasteiger partial charge in [0, 0.05) is 18.8 Å². The average Bonchev–Trinajstić information content (AvgIpc) is 2.35. The lowest BCUT2D eigenvalue weighted by atomic mass is 10.1. The van der Waals surface area contributed by atoms with Crippen LogP contribution in [0.1, 0.15) is 35.7 Å². The molecule has 1 unspecified atom stereocenters. The maximum atomic E-state index is 11.1. The number of rotatable bonds is 7. The summed E-state index contributed by atoms with van der Waals surface area (Å²) in [5, 5.41) is 21.1. The number of aryl methyl sites for hydroxylation is 1. The smallest absolute Gasteiger partial charge is 0.337 e. The van der Waals surface area contributed by atoms with Crippen molar-refractivity contribution >= 4 is 11.7 Å². The van der Waals surface area contributed by atoms with Gasteiger partial charge in [-0.1, -0.05) is 18.6 Å². The van der Waals surface area contributed by atoms with Gasteiger partial charge in [0.25, 0.3) is 0 Å². The van der Waals surface area contributed by atoms with Gasteiger partial charge in [-0.05, 0) is 37.8 Å². The summed E-state index contributed by atoms with van der Waals surface area (Å²) >= 11 is 0. The van der Waals surface area contributed by atoms with Crippen molar-refractivity contribution in [1.82, 2.24) is 0 Å². The minimum absolute atomic E-state index is 0.199. The molecule has 0 heterocycles. The van der Waals surface area contributed by atoms with Crippen molar-refractivity contribution in [2.45, 2.75) is 26.7 Å². The highest BCUT2D eigenvalue weighted by atomic mass is 16.4. The first-order valence-corrected chi connectivity index (χ1v) is 6.23. The van der Waals surface area contributed by atoms with Gasteiger partial charge in [-0.25, -0.2) is 4.79 Å². The number of nitrogens with one attached hydrogen (secondary N) is 1. The fourth-order valence-corrected chi connectivity index (χ4v) is 1.75. The molecular weight excluding hydrogens is 230 g/mol. The monoisotopic (exact) mass is 251 g/mol. The highest BCUT2D eigenvalue weighted by Gasteiger charge is 2.09. The number of carbonyl (C=O) groups is 1. The van der Waals surface area contributed by atoms with Crippen LogP contribution in [0.4, 0.5) is 5.69 Å². The zero-order chi connectivity index (χ0) is 13.5. The van der Waals surface area contributed by atoms with E-state index in [1.807, 2.05) is 19.9 Å². The summed E-state index contributed by atoms with van der Waals surface area (Å²) in [5.74, 6) is -0.617. The van der Waals surface area contributed by atoms with Gasteiger partial charge in [0.2, 0.25) is 0 Å². The molecule has 18 heavy (non-hydrogen) atoms. The van der Waals surface area contributed by atoms with Crippen molar-refractivity contribution in [3.63, 3.8) is 0 Å². The molecule has 0 aliphatic carbocycles. The maximum Gasteiger partial charge on any atom is 0.337 e. The maximum absolute atomic E-state index is 11.1. The third-order valence-electron chi connectivity index (χ3n) is 2.91. The number of aliphatic hydroxyl groups excluding tert-OH is 1. The van der Waals surface area contributed by atoms with Crippen molar-refractivity contribution in [2.24, 2.45) is 5.92 Å². The first kappa shape index (κ1) is 14.5. The van der Waals surface area contributed by atoms with Crippen LogP contribution < -0.4 is 5.32 Å². The van der Waals surface area contributed by atoms with E-state index in [9.17, 15) is 4.79 Å². The Balaban J connectivity index is 2.54. The van der Waals surface area contributed by atoms with Gasteiger partial charge in [0.15, 0.2) is 0 Å². The van der Waals surface area contributed by atoms with Crippen LogP contribution in [0.5, 0.6) is 0 Å². The largest absolute Gasteiger partial charge is 0.478 e. The molecule has 4 nitrogen and oxygen atoms in total. The van der Waals surface area contributed by atoms with Gasteiger partial charge in [-0.3, -0.25) is 0 Å². The van der Waals surface area contributed by atoms with Crippen LogP contribution in [-0.2, 0) is 0 Å². The molecule has 0 radical (unpaired) electrons. The van der Waals surface area contributed by atoms with Crippen LogP contribution in [0, 0.1) is 12.8 Å². The summed E-state index contributed by atoms with van der Waals surface area (Å²) in [6, 6.07) is 5.36. The Labute approximate surface area is 108 Å². The van der Waals surface area contributed by atoms with E-state index in [0.29, 0.717) is 23.7 Å². The number of carboxylic acids is 1. The summed E-state index contributed by atoms with van der Waals surface area (Å²) in [6.07, 6.45) is 1.84. The van der Waals surface area contributed by atoms with Crippen molar-refractivity contribution in [3.8, 4) is 0 Å². The van der Waals surface area contributed by atoms with Gasteiger partial charge in [-0.15, -0.1) is 0 Å².